The van der Waals surface area contributed by atoms with Crippen molar-refractivity contribution in [3.05, 3.63) is 58.6 Å². The first-order valence-electron chi connectivity index (χ1n) is 11.7. The molecule has 0 amide bonds. The summed E-state index contributed by atoms with van der Waals surface area (Å²) in [7, 11) is -7.80. The maximum atomic E-state index is 15.4. The van der Waals surface area contributed by atoms with Gasteiger partial charge in [-0.1, -0.05) is 18.5 Å². The molecule has 0 aromatic heterocycles. The molecule has 2 aromatic rings. The van der Waals surface area contributed by atoms with E-state index in [1.54, 1.807) is 0 Å². The smallest absolute Gasteiger partial charge is 0.189 e. The van der Waals surface area contributed by atoms with Gasteiger partial charge in [0.1, 0.15) is 10.6 Å². The van der Waals surface area contributed by atoms with Crippen molar-refractivity contribution in [1.82, 2.24) is 5.32 Å². The Kier molecular flexibility index (Phi) is 7.97. The predicted molar refractivity (Wildman–Crippen MR) is 132 cm³/mol. The van der Waals surface area contributed by atoms with E-state index in [1.165, 1.54) is 24.3 Å². The third-order valence-corrected chi connectivity index (χ3v) is 11.4. The number of benzene rings is 2. The molecule has 198 valence electrons. The lowest BCUT2D eigenvalue weighted by atomic mass is 9.75. The van der Waals surface area contributed by atoms with Crippen LogP contribution in [0.5, 0.6) is 5.75 Å². The van der Waals surface area contributed by atoms with Gasteiger partial charge in [0.25, 0.3) is 0 Å². The van der Waals surface area contributed by atoms with Gasteiger partial charge in [-0.2, -0.15) is 0 Å². The number of ether oxygens (including phenoxy) is 2. The number of rotatable bonds is 9. The van der Waals surface area contributed by atoms with Crippen LogP contribution in [0.1, 0.15) is 25.3 Å². The molecule has 4 rings (SSSR count). The molecule has 12 heteroatoms. The Morgan fingerprint density at radius 1 is 1.06 bits per heavy atom. The number of fused-ring (bicyclic) bond motifs is 3. The Morgan fingerprint density at radius 2 is 1.75 bits per heavy atom. The van der Waals surface area contributed by atoms with Crippen LogP contribution in [0, 0.1) is 17.6 Å². The van der Waals surface area contributed by atoms with Gasteiger partial charge in [0.05, 0.1) is 34.7 Å². The fourth-order valence-corrected chi connectivity index (χ4v) is 8.86. The van der Waals surface area contributed by atoms with E-state index in [0.717, 1.165) is 12.1 Å². The minimum Gasteiger partial charge on any atom is -0.490 e. The van der Waals surface area contributed by atoms with Gasteiger partial charge in [0.2, 0.25) is 0 Å². The molecule has 7 nitrogen and oxygen atoms in total. The average Bonchev–Trinajstić information content (AvgIpc) is 2.84. The second-order valence-electron chi connectivity index (χ2n) is 8.95. The third kappa shape index (κ3) is 4.88. The summed E-state index contributed by atoms with van der Waals surface area (Å²) in [4.78, 5) is -0.104. The molecule has 1 saturated heterocycles. The van der Waals surface area contributed by atoms with Crippen LogP contribution >= 0.6 is 11.6 Å². The monoisotopic (exact) mass is 563 g/mol. The Bertz CT molecular complexity index is 1320. The molecule has 2 aliphatic rings. The van der Waals surface area contributed by atoms with Gasteiger partial charge in [0, 0.05) is 24.1 Å². The van der Waals surface area contributed by atoms with Crippen LogP contribution in [0.4, 0.5) is 8.78 Å². The molecular formula is C24H28ClF2NO6S2. The highest BCUT2D eigenvalue weighted by Gasteiger charge is 2.61. The van der Waals surface area contributed by atoms with E-state index in [9.17, 15) is 21.2 Å². The van der Waals surface area contributed by atoms with E-state index in [-0.39, 0.29) is 48.0 Å². The third-order valence-electron chi connectivity index (χ3n) is 6.90. The number of halogens is 3. The Balaban J connectivity index is 1.79. The van der Waals surface area contributed by atoms with Gasteiger partial charge in [-0.15, -0.1) is 0 Å². The van der Waals surface area contributed by atoms with Gasteiger partial charge in [-0.05, 0) is 55.8 Å². The maximum absolute atomic E-state index is 15.4. The summed E-state index contributed by atoms with van der Waals surface area (Å²) in [5.74, 6) is -3.51. The maximum Gasteiger partial charge on any atom is 0.189 e. The van der Waals surface area contributed by atoms with Crippen molar-refractivity contribution in [1.29, 1.82) is 0 Å². The second kappa shape index (κ2) is 10.5. The lowest BCUT2D eigenvalue weighted by Crippen LogP contribution is -2.57. The molecule has 0 radical (unpaired) electrons. The van der Waals surface area contributed by atoms with Gasteiger partial charge in [-0.3, -0.25) is 0 Å². The van der Waals surface area contributed by atoms with Crippen LogP contribution in [0.15, 0.2) is 41.3 Å². The molecule has 2 aromatic carbocycles. The Hall–Kier alpha value is -1.79. The number of hydrogen-bond acceptors (Lipinski definition) is 7. The number of sulfone groups is 2. The molecule has 1 N–H and O–H groups in total. The van der Waals surface area contributed by atoms with Crippen LogP contribution in [0.2, 0.25) is 5.02 Å². The quantitative estimate of drug-likeness (QED) is 0.466. The van der Waals surface area contributed by atoms with E-state index in [4.69, 9.17) is 21.1 Å². The molecular weight excluding hydrogens is 536 g/mol. The summed E-state index contributed by atoms with van der Waals surface area (Å²) in [6, 6.07) is 7.25. The zero-order chi connectivity index (χ0) is 26.1. The summed E-state index contributed by atoms with van der Waals surface area (Å²) >= 11 is 5.96. The number of hydrogen-bond donors (Lipinski definition) is 1. The first-order valence-corrected chi connectivity index (χ1v) is 15.4. The first kappa shape index (κ1) is 27.3. The molecule has 0 spiro atoms. The van der Waals surface area contributed by atoms with Crippen molar-refractivity contribution < 1.29 is 35.1 Å². The van der Waals surface area contributed by atoms with E-state index in [1.807, 2.05) is 6.92 Å². The summed E-state index contributed by atoms with van der Waals surface area (Å²) in [5, 5.41) is 3.28. The molecule has 2 heterocycles. The van der Waals surface area contributed by atoms with E-state index in [2.05, 4.69) is 5.32 Å². The van der Waals surface area contributed by atoms with Gasteiger partial charge >= 0.3 is 0 Å². The van der Waals surface area contributed by atoms with Gasteiger partial charge in [-0.25, -0.2) is 25.6 Å². The second-order valence-corrected chi connectivity index (χ2v) is 13.9. The SMILES string of the molecule is CCNCCS(=O)(=O)CC[C@@H]1OCC[C@@]2(S(=O)(=O)c3ccc(Cl)cc3)c3c(F)ccc(F)c3OC[C@@H]12. The highest BCUT2D eigenvalue weighted by molar-refractivity contribution is 7.92. The minimum atomic E-state index is -4.34. The van der Waals surface area contributed by atoms with Crippen LogP contribution < -0.4 is 10.1 Å². The van der Waals surface area contributed by atoms with E-state index in [0.29, 0.717) is 18.1 Å². The molecule has 2 aliphatic heterocycles. The van der Waals surface area contributed by atoms with E-state index >= 15 is 4.39 Å². The van der Waals surface area contributed by atoms with Gasteiger partial charge < -0.3 is 14.8 Å². The fourth-order valence-electron chi connectivity index (χ4n) is 5.14. The minimum absolute atomic E-state index is 0.00730. The normalized spacial score (nSPS) is 24.0. The predicted octanol–water partition coefficient (Wildman–Crippen LogP) is 3.50. The van der Waals surface area contributed by atoms with Crippen LogP contribution in [0.25, 0.3) is 0 Å². The van der Waals surface area contributed by atoms with Crippen molar-refractivity contribution in [2.45, 2.75) is 35.5 Å². The van der Waals surface area contributed by atoms with Crippen molar-refractivity contribution in [3.63, 3.8) is 0 Å². The van der Waals surface area contributed by atoms with Crippen molar-refractivity contribution in [2.75, 3.05) is 37.8 Å². The van der Waals surface area contributed by atoms with Crippen molar-refractivity contribution >= 4 is 31.3 Å². The summed E-state index contributed by atoms with van der Waals surface area (Å²) in [6.07, 6.45) is -1.03. The zero-order valence-corrected chi connectivity index (χ0v) is 22.1. The summed E-state index contributed by atoms with van der Waals surface area (Å²) in [5.41, 5.74) is -0.378. The highest BCUT2D eigenvalue weighted by Crippen LogP contribution is 2.55. The highest BCUT2D eigenvalue weighted by atomic mass is 35.5. The lowest BCUT2D eigenvalue weighted by molar-refractivity contribution is -0.0732. The van der Waals surface area contributed by atoms with Crippen LogP contribution in [-0.2, 0) is 29.2 Å². The van der Waals surface area contributed by atoms with Crippen LogP contribution in [0.3, 0.4) is 0 Å². The van der Waals surface area contributed by atoms with Gasteiger partial charge in [0.15, 0.2) is 31.2 Å². The fraction of sp³-hybridized carbons (Fsp3) is 0.500. The average molecular weight is 564 g/mol. The summed E-state index contributed by atoms with van der Waals surface area (Å²) < 4.78 is 93.3. The molecule has 0 aliphatic carbocycles. The van der Waals surface area contributed by atoms with Crippen LogP contribution in [-0.4, -0.2) is 60.7 Å². The largest absolute Gasteiger partial charge is 0.490 e. The van der Waals surface area contributed by atoms with E-state index < -0.39 is 53.8 Å². The standard InChI is InChI=1S/C24H28ClF2NO6S2/c1-2-28-11-14-35(29,30)13-9-21-18-15-34-23-20(27)8-7-19(26)22(23)24(18,10-12-33-21)36(31,32)17-5-3-16(25)4-6-17/h3-8,18,21,28H,2,9-15H2,1H3/t18-,21-,24-/m0/s1. The first-order chi connectivity index (χ1) is 17.0. The molecule has 1 fully saturated rings. The Morgan fingerprint density at radius 3 is 2.44 bits per heavy atom. The van der Waals surface area contributed by atoms with Crippen molar-refractivity contribution in [3.8, 4) is 5.75 Å². The topological polar surface area (TPSA) is 98.8 Å². The zero-order valence-electron chi connectivity index (χ0n) is 19.7. The number of nitrogens with one attached hydrogen (secondary N) is 1. The summed E-state index contributed by atoms with van der Waals surface area (Å²) in [6.45, 7) is 2.44. The molecule has 3 atom stereocenters. The molecule has 36 heavy (non-hydrogen) atoms. The molecule has 0 saturated carbocycles. The Labute approximate surface area is 215 Å². The molecule has 0 unspecified atom stereocenters. The molecule has 0 bridgehead atoms. The van der Waals surface area contributed by atoms with Crippen molar-refractivity contribution in [2.24, 2.45) is 5.92 Å². The lowest BCUT2D eigenvalue weighted by Gasteiger charge is -2.50.